The monoisotopic (exact) mass is 426 g/mol. The van der Waals surface area contributed by atoms with Crippen LogP contribution in [0.1, 0.15) is 44.7 Å². The zero-order valence-corrected chi connectivity index (χ0v) is 17.9. The van der Waals surface area contributed by atoms with Crippen LogP contribution in [0.4, 0.5) is 5.95 Å². The van der Waals surface area contributed by atoms with Gasteiger partial charge in [0.05, 0.1) is 7.11 Å². The predicted octanol–water partition coefficient (Wildman–Crippen LogP) is 1.95. The summed E-state index contributed by atoms with van der Waals surface area (Å²) in [5.41, 5.74) is 2.35. The molecule has 0 radical (unpaired) electrons. The van der Waals surface area contributed by atoms with Crippen molar-refractivity contribution in [2.45, 2.75) is 39.2 Å². The van der Waals surface area contributed by atoms with Gasteiger partial charge in [0.2, 0.25) is 5.95 Å². The quantitative estimate of drug-likeness (QED) is 0.715. The van der Waals surface area contributed by atoms with E-state index in [9.17, 15) is 9.59 Å². The number of hydrogen-bond donors (Lipinski definition) is 1. The molecule has 2 aliphatic rings. The van der Waals surface area contributed by atoms with Crippen molar-refractivity contribution in [1.82, 2.24) is 25.1 Å². The molecule has 1 N–H and O–H groups in total. The van der Waals surface area contributed by atoms with Gasteiger partial charge in [-0.1, -0.05) is 11.2 Å². The van der Waals surface area contributed by atoms with Crippen LogP contribution in [0.3, 0.4) is 0 Å². The Balaban J connectivity index is 1.65. The summed E-state index contributed by atoms with van der Waals surface area (Å²) in [6.07, 6.45) is 2.08. The van der Waals surface area contributed by atoms with Gasteiger partial charge in [-0.3, -0.25) is 9.59 Å². The average molecular weight is 426 g/mol. The van der Waals surface area contributed by atoms with E-state index in [4.69, 9.17) is 9.47 Å². The number of hydrogen-bond acceptors (Lipinski definition) is 8. The molecule has 0 fully saturated rings. The molecule has 2 heterocycles. The van der Waals surface area contributed by atoms with Gasteiger partial charge < -0.3 is 19.7 Å². The van der Waals surface area contributed by atoms with Crippen LogP contribution in [0.15, 0.2) is 29.5 Å². The molecule has 0 bridgehead atoms. The maximum Gasteiger partial charge on any atom is 0.260 e. The van der Waals surface area contributed by atoms with Gasteiger partial charge in [0.25, 0.3) is 5.91 Å². The Hall–Kier alpha value is -3.43. The molecule has 1 aliphatic carbocycles. The van der Waals surface area contributed by atoms with E-state index in [2.05, 4.69) is 20.8 Å². The first-order valence-corrected chi connectivity index (χ1v) is 10.5. The Kier molecular flexibility index (Phi) is 5.88. The van der Waals surface area contributed by atoms with Crippen LogP contribution in [-0.4, -0.2) is 63.6 Å². The number of amides is 1. The molecule has 1 atom stereocenters. The highest BCUT2D eigenvalue weighted by Crippen LogP contribution is 2.41. The zero-order chi connectivity index (χ0) is 22.0. The molecule has 1 aromatic heterocycles. The molecule has 2 aromatic rings. The molecule has 1 amide bonds. The number of rotatable bonds is 7. The van der Waals surface area contributed by atoms with Crippen LogP contribution in [-0.2, 0) is 9.59 Å². The molecule has 0 spiro atoms. The molecule has 1 unspecified atom stereocenters. The third-order valence-corrected chi connectivity index (χ3v) is 5.70. The molecular weight excluding hydrogens is 400 g/mol. The third-order valence-electron chi connectivity index (χ3n) is 5.70. The minimum absolute atomic E-state index is 0.0737. The van der Waals surface area contributed by atoms with E-state index in [1.807, 2.05) is 26.0 Å². The Morgan fingerprint density at radius 1 is 1.26 bits per heavy atom. The number of fused-ring (bicyclic) bond motifs is 1. The SMILES string of the molecule is CCN(CC)C(=O)COc1ccc(C2C3=C(CCCC3=O)Nc3nnnn32)cc1OC. The number of anilines is 1. The Labute approximate surface area is 180 Å². The minimum Gasteiger partial charge on any atom is -0.493 e. The van der Waals surface area contributed by atoms with Crippen molar-refractivity contribution in [1.29, 1.82) is 0 Å². The highest BCUT2D eigenvalue weighted by Gasteiger charge is 2.37. The maximum absolute atomic E-state index is 12.8. The van der Waals surface area contributed by atoms with Crippen molar-refractivity contribution < 1.29 is 19.1 Å². The van der Waals surface area contributed by atoms with E-state index in [0.29, 0.717) is 42.5 Å². The molecule has 164 valence electrons. The minimum atomic E-state index is -0.450. The van der Waals surface area contributed by atoms with Crippen LogP contribution in [0.25, 0.3) is 0 Å². The van der Waals surface area contributed by atoms with E-state index < -0.39 is 6.04 Å². The number of aromatic nitrogens is 4. The first-order chi connectivity index (χ1) is 15.1. The lowest BCUT2D eigenvalue weighted by Crippen LogP contribution is -2.34. The molecule has 10 nitrogen and oxygen atoms in total. The number of nitrogens with zero attached hydrogens (tertiary/aromatic N) is 5. The molecule has 0 saturated carbocycles. The number of carbonyl (C=O) groups is 2. The second-order valence-electron chi connectivity index (χ2n) is 7.41. The second-order valence-corrected chi connectivity index (χ2v) is 7.41. The van der Waals surface area contributed by atoms with E-state index in [1.165, 1.54) is 0 Å². The van der Waals surface area contributed by atoms with Gasteiger partial charge in [0, 0.05) is 30.8 Å². The average Bonchev–Trinajstić information content (AvgIpc) is 3.25. The fourth-order valence-corrected chi connectivity index (χ4v) is 4.11. The highest BCUT2D eigenvalue weighted by molar-refractivity contribution is 5.99. The summed E-state index contributed by atoms with van der Waals surface area (Å²) < 4.78 is 12.9. The number of benzene rings is 1. The van der Waals surface area contributed by atoms with Crippen molar-refractivity contribution in [3.8, 4) is 11.5 Å². The normalized spacial score (nSPS) is 17.5. The summed E-state index contributed by atoms with van der Waals surface area (Å²) in [4.78, 5) is 26.8. The Morgan fingerprint density at radius 3 is 2.81 bits per heavy atom. The van der Waals surface area contributed by atoms with Crippen LogP contribution >= 0.6 is 0 Å². The standard InChI is InChI=1S/C21H26N6O4/c1-4-26(5-2)18(29)12-31-16-10-9-13(11-17(16)30-3)20-19-14(7-6-8-15(19)28)22-21-23-24-25-27(20)21/h9-11,20H,4-8,12H2,1-3H3,(H,22,23,25). The summed E-state index contributed by atoms with van der Waals surface area (Å²) in [5, 5.41) is 15.1. The Morgan fingerprint density at radius 2 is 2.06 bits per heavy atom. The number of Topliss-reactive ketones (excluding diaryl/α,β-unsaturated/α-hetero) is 1. The molecule has 0 saturated heterocycles. The smallest absolute Gasteiger partial charge is 0.260 e. The van der Waals surface area contributed by atoms with E-state index in [1.54, 1.807) is 22.8 Å². The van der Waals surface area contributed by atoms with Gasteiger partial charge >= 0.3 is 0 Å². The zero-order valence-electron chi connectivity index (χ0n) is 17.9. The first-order valence-electron chi connectivity index (χ1n) is 10.5. The lowest BCUT2D eigenvalue weighted by molar-refractivity contribution is -0.133. The van der Waals surface area contributed by atoms with Crippen molar-refractivity contribution >= 4 is 17.6 Å². The fourth-order valence-electron chi connectivity index (χ4n) is 4.11. The van der Waals surface area contributed by atoms with Crippen molar-refractivity contribution in [2.24, 2.45) is 0 Å². The third kappa shape index (κ3) is 3.85. The fraction of sp³-hybridized carbons (Fsp3) is 0.476. The predicted molar refractivity (Wildman–Crippen MR) is 112 cm³/mol. The number of ketones is 1. The molecule has 1 aliphatic heterocycles. The van der Waals surface area contributed by atoms with Crippen molar-refractivity contribution in [3.05, 3.63) is 35.0 Å². The van der Waals surface area contributed by atoms with Crippen LogP contribution in [0.2, 0.25) is 0 Å². The highest BCUT2D eigenvalue weighted by atomic mass is 16.5. The lowest BCUT2D eigenvalue weighted by atomic mass is 9.85. The molecular formula is C21H26N6O4. The van der Waals surface area contributed by atoms with Crippen molar-refractivity contribution in [2.75, 3.05) is 32.1 Å². The largest absolute Gasteiger partial charge is 0.493 e. The molecule has 31 heavy (non-hydrogen) atoms. The summed E-state index contributed by atoms with van der Waals surface area (Å²) in [6.45, 7) is 5.04. The lowest BCUT2D eigenvalue weighted by Gasteiger charge is -2.31. The van der Waals surface area contributed by atoms with Gasteiger partial charge in [0.1, 0.15) is 6.04 Å². The summed E-state index contributed by atoms with van der Waals surface area (Å²) in [5.74, 6) is 1.44. The van der Waals surface area contributed by atoms with Gasteiger partial charge in [0.15, 0.2) is 23.9 Å². The van der Waals surface area contributed by atoms with E-state index >= 15 is 0 Å². The number of tetrazole rings is 1. The number of carbonyl (C=O) groups excluding carboxylic acids is 2. The molecule has 4 rings (SSSR count). The Bertz CT molecular complexity index is 1030. The summed E-state index contributed by atoms with van der Waals surface area (Å²) in [7, 11) is 1.54. The van der Waals surface area contributed by atoms with Crippen LogP contribution in [0.5, 0.6) is 11.5 Å². The van der Waals surface area contributed by atoms with Gasteiger partial charge in [-0.25, -0.2) is 0 Å². The molecule has 1 aromatic carbocycles. The first kappa shape index (κ1) is 20.8. The van der Waals surface area contributed by atoms with Gasteiger partial charge in [-0.2, -0.15) is 4.68 Å². The second kappa shape index (κ2) is 8.75. The van der Waals surface area contributed by atoms with Gasteiger partial charge in [-0.05, 0) is 54.8 Å². The van der Waals surface area contributed by atoms with E-state index in [0.717, 1.165) is 24.1 Å². The topological polar surface area (TPSA) is 111 Å². The number of ether oxygens (including phenoxy) is 2. The molecule has 10 heteroatoms. The summed E-state index contributed by atoms with van der Waals surface area (Å²) in [6, 6.07) is 4.97. The number of nitrogens with one attached hydrogen (secondary N) is 1. The van der Waals surface area contributed by atoms with E-state index in [-0.39, 0.29) is 18.3 Å². The van der Waals surface area contributed by atoms with Crippen molar-refractivity contribution in [3.63, 3.8) is 0 Å². The van der Waals surface area contributed by atoms with Gasteiger partial charge in [-0.15, -0.1) is 0 Å². The maximum atomic E-state index is 12.8. The van der Waals surface area contributed by atoms with Crippen LogP contribution in [0, 0.1) is 0 Å². The summed E-state index contributed by atoms with van der Waals surface area (Å²) >= 11 is 0. The number of likely N-dealkylation sites (N-methyl/N-ethyl adjacent to an activating group) is 1. The number of methoxy groups -OCH3 is 1. The van der Waals surface area contributed by atoms with Crippen LogP contribution < -0.4 is 14.8 Å². The number of allylic oxidation sites excluding steroid dienone is 2.